The van der Waals surface area contributed by atoms with E-state index in [4.69, 9.17) is 0 Å². The maximum atomic E-state index is 12.1. The van der Waals surface area contributed by atoms with E-state index in [1.165, 1.54) is 5.56 Å². The van der Waals surface area contributed by atoms with Crippen LogP contribution in [0.4, 0.5) is 5.82 Å². The van der Waals surface area contributed by atoms with Gasteiger partial charge >= 0.3 is 0 Å². The van der Waals surface area contributed by atoms with Crippen LogP contribution >= 0.6 is 0 Å². The molecule has 20 heavy (non-hydrogen) atoms. The predicted molar refractivity (Wildman–Crippen MR) is 78.6 cm³/mol. The monoisotopic (exact) mass is 270 g/mol. The van der Waals surface area contributed by atoms with Gasteiger partial charge in [-0.15, -0.1) is 10.2 Å². The van der Waals surface area contributed by atoms with E-state index in [1.807, 2.05) is 38.1 Å². The highest BCUT2D eigenvalue weighted by atomic mass is 16.2. The molecular formula is C15H18N4O. The Balaban J connectivity index is 2.04. The average Bonchev–Trinajstić information content (AvgIpc) is 2.48. The molecule has 0 aliphatic carbocycles. The molecule has 2 N–H and O–H groups in total. The van der Waals surface area contributed by atoms with Crippen molar-refractivity contribution >= 4 is 11.7 Å². The van der Waals surface area contributed by atoms with Crippen molar-refractivity contribution in [2.75, 3.05) is 12.4 Å². The molecular weight excluding hydrogens is 252 g/mol. The summed E-state index contributed by atoms with van der Waals surface area (Å²) < 4.78 is 0. The number of hydrogen-bond donors (Lipinski definition) is 2. The van der Waals surface area contributed by atoms with Gasteiger partial charge in [0.05, 0.1) is 6.04 Å². The lowest BCUT2D eigenvalue weighted by molar-refractivity contribution is 0.0934. The van der Waals surface area contributed by atoms with Gasteiger partial charge in [-0.2, -0.15) is 0 Å². The standard InChI is InChI=1S/C15H18N4O/c1-10-4-6-12(7-5-10)11(2)17-15(20)13-8-9-14(16-3)19-18-13/h4-9,11H,1-3H3,(H,16,19)(H,17,20). The summed E-state index contributed by atoms with van der Waals surface area (Å²) in [6, 6.07) is 11.4. The molecule has 0 saturated carbocycles. The van der Waals surface area contributed by atoms with Gasteiger partial charge in [0.1, 0.15) is 5.82 Å². The van der Waals surface area contributed by atoms with Crippen molar-refractivity contribution in [1.82, 2.24) is 15.5 Å². The molecule has 0 bridgehead atoms. The van der Waals surface area contributed by atoms with E-state index in [0.29, 0.717) is 11.5 Å². The molecule has 0 spiro atoms. The number of rotatable bonds is 4. The Morgan fingerprint density at radius 3 is 2.35 bits per heavy atom. The second-order valence-electron chi connectivity index (χ2n) is 4.66. The second-order valence-corrected chi connectivity index (χ2v) is 4.66. The molecule has 0 fully saturated rings. The van der Waals surface area contributed by atoms with Gasteiger partial charge in [0.15, 0.2) is 5.69 Å². The summed E-state index contributed by atoms with van der Waals surface area (Å²) in [5, 5.41) is 13.5. The number of hydrogen-bond acceptors (Lipinski definition) is 4. The van der Waals surface area contributed by atoms with E-state index in [9.17, 15) is 4.79 Å². The van der Waals surface area contributed by atoms with Gasteiger partial charge in [0.25, 0.3) is 5.91 Å². The van der Waals surface area contributed by atoms with Crippen molar-refractivity contribution in [1.29, 1.82) is 0 Å². The molecule has 5 nitrogen and oxygen atoms in total. The number of carbonyl (C=O) groups excluding carboxylic acids is 1. The van der Waals surface area contributed by atoms with Crippen molar-refractivity contribution in [3.05, 3.63) is 53.2 Å². The molecule has 1 amide bonds. The van der Waals surface area contributed by atoms with Crippen molar-refractivity contribution in [2.45, 2.75) is 19.9 Å². The zero-order chi connectivity index (χ0) is 14.5. The summed E-state index contributed by atoms with van der Waals surface area (Å²) in [4.78, 5) is 12.1. The number of nitrogens with one attached hydrogen (secondary N) is 2. The number of aromatic nitrogens is 2. The fourth-order valence-electron chi connectivity index (χ4n) is 1.80. The molecule has 2 rings (SSSR count). The Morgan fingerprint density at radius 1 is 1.10 bits per heavy atom. The van der Waals surface area contributed by atoms with Crippen molar-refractivity contribution in [2.24, 2.45) is 0 Å². The largest absolute Gasteiger partial charge is 0.372 e. The van der Waals surface area contributed by atoms with E-state index in [0.717, 1.165) is 5.56 Å². The lowest BCUT2D eigenvalue weighted by atomic mass is 10.1. The van der Waals surface area contributed by atoms with Crippen molar-refractivity contribution in [3.8, 4) is 0 Å². The first-order chi connectivity index (χ1) is 9.60. The Kier molecular flexibility index (Phi) is 4.30. The zero-order valence-electron chi connectivity index (χ0n) is 11.8. The Morgan fingerprint density at radius 2 is 1.80 bits per heavy atom. The van der Waals surface area contributed by atoms with Crippen LogP contribution < -0.4 is 10.6 Å². The summed E-state index contributed by atoms with van der Waals surface area (Å²) in [5.74, 6) is 0.404. The third kappa shape index (κ3) is 3.32. The first-order valence-electron chi connectivity index (χ1n) is 6.49. The van der Waals surface area contributed by atoms with Gasteiger partial charge in [0, 0.05) is 7.05 Å². The Labute approximate surface area is 118 Å². The van der Waals surface area contributed by atoms with Gasteiger partial charge in [-0.3, -0.25) is 4.79 Å². The fraction of sp³-hybridized carbons (Fsp3) is 0.267. The SMILES string of the molecule is CNc1ccc(C(=O)NC(C)c2ccc(C)cc2)nn1. The summed E-state index contributed by atoms with van der Waals surface area (Å²) in [6.07, 6.45) is 0. The number of amides is 1. The molecule has 1 aromatic carbocycles. The highest BCUT2D eigenvalue weighted by Crippen LogP contribution is 2.13. The van der Waals surface area contributed by atoms with Crippen LogP contribution in [0.3, 0.4) is 0 Å². The average molecular weight is 270 g/mol. The minimum Gasteiger partial charge on any atom is -0.372 e. The van der Waals surface area contributed by atoms with Crippen LogP contribution in [-0.2, 0) is 0 Å². The molecule has 1 aromatic heterocycles. The molecule has 1 atom stereocenters. The number of carbonyl (C=O) groups is 1. The summed E-state index contributed by atoms with van der Waals surface area (Å²) in [7, 11) is 1.75. The second kappa shape index (κ2) is 6.14. The highest BCUT2D eigenvalue weighted by Gasteiger charge is 2.12. The van der Waals surface area contributed by atoms with Gasteiger partial charge in [-0.05, 0) is 31.5 Å². The number of aryl methyl sites for hydroxylation is 1. The molecule has 0 aliphatic heterocycles. The maximum absolute atomic E-state index is 12.1. The minimum atomic E-state index is -0.228. The van der Waals surface area contributed by atoms with Crippen LogP contribution in [0.5, 0.6) is 0 Å². The zero-order valence-corrected chi connectivity index (χ0v) is 11.8. The van der Waals surface area contributed by atoms with Crippen molar-refractivity contribution < 1.29 is 4.79 Å². The fourth-order valence-corrected chi connectivity index (χ4v) is 1.80. The maximum Gasteiger partial charge on any atom is 0.272 e. The quantitative estimate of drug-likeness (QED) is 0.894. The lowest BCUT2D eigenvalue weighted by Gasteiger charge is -2.14. The van der Waals surface area contributed by atoms with E-state index < -0.39 is 0 Å². The van der Waals surface area contributed by atoms with Gasteiger partial charge in [-0.25, -0.2) is 0 Å². The smallest absolute Gasteiger partial charge is 0.272 e. The van der Waals surface area contributed by atoms with Gasteiger partial charge in [0.2, 0.25) is 0 Å². The third-order valence-electron chi connectivity index (χ3n) is 3.08. The predicted octanol–water partition coefficient (Wildman–Crippen LogP) is 2.32. The molecule has 104 valence electrons. The normalized spacial score (nSPS) is 11.8. The highest BCUT2D eigenvalue weighted by molar-refractivity contribution is 5.92. The van der Waals surface area contributed by atoms with Crippen LogP contribution in [0.1, 0.15) is 34.6 Å². The van der Waals surface area contributed by atoms with E-state index >= 15 is 0 Å². The lowest BCUT2D eigenvalue weighted by Crippen LogP contribution is -2.27. The molecule has 0 saturated heterocycles. The first kappa shape index (κ1) is 14.0. The summed E-state index contributed by atoms with van der Waals surface area (Å²) in [5.41, 5.74) is 2.56. The van der Waals surface area contributed by atoms with Crippen LogP contribution in [-0.4, -0.2) is 23.2 Å². The van der Waals surface area contributed by atoms with Crippen LogP contribution in [0.25, 0.3) is 0 Å². The van der Waals surface area contributed by atoms with Gasteiger partial charge in [-0.1, -0.05) is 29.8 Å². The first-order valence-corrected chi connectivity index (χ1v) is 6.49. The Hall–Kier alpha value is -2.43. The minimum absolute atomic E-state index is 0.0751. The Bertz CT molecular complexity index is 578. The molecule has 1 heterocycles. The van der Waals surface area contributed by atoms with Crippen LogP contribution in [0.2, 0.25) is 0 Å². The summed E-state index contributed by atoms with van der Waals surface area (Å²) in [6.45, 7) is 3.98. The number of nitrogens with zero attached hydrogens (tertiary/aromatic N) is 2. The van der Waals surface area contributed by atoms with Gasteiger partial charge < -0.3 is 10.6 Å². The summed E-state index contributed by atoms with van der Waals surface area (Å²) >= 11 is 0. The van der Waals surface area contributed by atoms with Crippen LogP contribution in [0.15, 0.2) is 36.4 Å². The van der Waals surface area contributed by atoms with Crippen LogP contribution in [0, 0.1) is 6.92 Å². The van der Waals surface area contributed by atoms with E-state index in [2.05, 4.69) is 20.8 Å². The number of benzene rings is 1. The third-order valence-corrected chi connectivity index (χ3v) is 3.08. The van der Waals surface area contributed by atoms with Crippen molar-refractivity contribution in [3.63, 3.8) is 0 Å². The van der Waals surface area contributed by atoms with E-state index in [-0.39, 0.29) is 11.9 Å². The molecule has 2 aromatic rings. The molecule has 0 aliphatic rings. The topological polar surface area (TPSA) is 66.9 Å². The molecule has 0 radical (unpaired) electrons. The van der Waals surface area contributed by atoms with E-state index in [1.54, 1.807) is 19.2 Å². The molecule has 5 heteroatoms. The number of anilines is 1. The molecule has 1 unspecified atom stereocenters.